The number of rotatable bonds is 4. The summed E-state index contributed by atoms with van der Waals surface area (Å²) in [5.74, 6) is 0.0472. The normalized spacial score (nSPS) is 21.0. The molecule has 0 aromatic heterocycles. The second kappa shape index (κ2) is 6.71. The van der Waals surface area contributed by atoms with Gasteiger partial charge in [-0.15, -0.1) is 0 Å². The lowest BCUT2D eigenvalue weighted by Crippen LogP contribution is -2.40. The zero-order chi connectivity index (χ0) is 15.5. The number of Topliss-reactive ketones (excluding diaryl/α,β-unsaturated/α-hetero) is 1. The molecule has 1 unspecified atom stereocenters. The molecule has 1 aromatic rings. The van der Waals surface area contributed by atoms with Crippen molar-refractivity contribution in [3.05, 3.63) is 29.8 Å². The summed E-state index contributed by atoms with van der Waals surface area (Å²) in [6, 6.07) is 6.73. The Kier molecular flexibility index (Phi) is 5.17. The van der Waals surface area contributed by atoms with Crippen molar-refractivity contribution < 1.29 is 13.2 Å². The number of hydrogen-bond acceptors (Lipinski definition) is 3. The van der Waals surface area contributed by atoms with Gasteiger partial charge in [-0.1, -0.05) is 30.5 Å². The molecule has 116 valence electrons. The molecule has 5 heteroatoms. The molecule has 0 saturated carbocycles. The van der Waals surface area contributed by atoms with E-state index in [-0.39, 0.29) is 11.8 Å². The maximum atomic E-state index is 12.9. The van der Waals surface area contributed by atoms with Crippen molar-refractivity contribution in [1.29, 1.82) is 0 Å². The summed E-state index contributed by atoms with van der Waals surface area (Å²) in [5, 5.41) is 0. The molecule has 1 aliphatic heterocycles. The van der Waals surface area contributed by atoms with Crippen molar-refractivity contribution in [2.75, 3.05) is 6.54 Å². The van der Waals surface area contributed by atoms with E-state index in [1.54, 1.807) is 16.4 Å². The van der Waals surface area contributed by atoms with Crippen LogP contribution >= 0.6 is 0 Å². The average Bonchev–Trinajstić information content (AvgIpc) is 2.64. The smallest absolute Gasteiger partial charge is 0.243 e. The Labute approximate surface area is 127 Å². The van der Waals surface area contributed by atoms with E-state index < -0.39 is 10.0 Å². The summed E-state index contributed by atoms with van der Waals surface area (Å²) in [5.41, 5.74) is 1.03. The molecule has 0 aliphatic carbocycles. The molecule has 4 nitrogen and oxygen atoms in total. The quantitative estimate of drug-likeness (QED) is 0.859. The predicted molar refractivity (Wildman–Crippen MR) is 82.6 cm³/mol. The number of carbonyl (C=O) groups is 1. The van der Waals surface area contributed by atoms with Gasteiger partial charge < -0.3 is 0 Å². The van der Waals surface area contributed by atoms with Crippen LogP contribution in [0.1, 0.15) is 44.6 Å². The average molecular weight is 309 g/mol. The molecule has 1 atom stereocenters. The molecular formula is C16H23NO3S. The third-order valence-electron chi connectivity index (χ3n) is 3.97. The largest absolute Gasteiger partial charge is 0.300 e. The molecule has 1 fully saturated rings. The van der Waals surface area contributed by atoms with Gasteiger partial charge in [0.1, 0.15) is 5.78 Å². The first-order chi connectivity index (χ1) is 9.91. The fourth-order valence-electron chi connectivity index (χ4n) is 2.85. The minimum atomic E-state index is -3.52. The summed E-state index contributed by atoms with van der Waals surface area (Å²) < 4.78 is 27.3. The van der Waals surface area contributed by atoms with Crippen LogP contribution in [0.5, 0.6) is 0 Å². The maximum Gasteiger partial charge on any atom is 0.243 e. The number of sulfonamides is 1. The third-order valence-corrected chi connectivity index (χ3v) is 5.94. The second-order valence-corrected chi connectivity index (χ2v) is 7.73. The van der Waals surface area contributed by atoms with Crippen molar-refractivity contribution in [2.24, 2.45) is 0 Å². The number of benzene rings is 1. The maximum absolute atomic E-state index is 12.9. The fourth-order valence-corrected chi connectivity index (χ4v) is 4.54. The number of ketones is 1. The standard InChI is InChI=1S/C16H23NO3S/c1-13-7-9-16(10-8-13)21(19,20)17-11-5-3-4-6-15(17)12-14(2)18/h7-10,15H,3-6,11-12H2,1-2H3. The zero-order valence-electron chi connectivity index (χ0n) is 12.7. The van der Waals surface area contributed by atoms with Gasteiger partial charge in [-0.2, -0.15) is 4.31 Å². The predicted octanol–water partition coefficient (Wildman–Crippen LogP) is 2.91. The van der Waals surface area contributed by atoms with Gasteiger partial charge in [-0.05, 0) is 38.8 Å². The molecule has 0 amide bonds. The highest BCUT2D eigenvalue weighted by molar-refractivity contribution is 7.89. The van der Waals surface area contributed by atoms with Gasteiger partial charge >= 0.3 is 0 Å². The van der Waals surface area contributed by atoms with E-state index in [0.29, 0.717) is 17.9 Å². The molecule has 1 saturated heterocycles. The van der Waals surface area contributed by atoms with Gasteiger partial charge in [0.2, 0.25) is 10.0 Å². The summed E-state index contributed by atoms with van der Waals surface area (Å²) in [7, 11) is -3.52. The molecule has 0 spiro atoms. The Balaban J connectivity index is 2.33. The molecule has 1 aromatic carbocycles. The van der Waals surface area contributed by atoms with E-state index in [4.69, 9.17) is 0 Å². The highest BCUT2D eigenvalue weighted by atomic mass is 32.2. The van der Waals surface area contributed by atoms with Gasteiger partial charge in [0.15, 0.2) is 0 Å². The van der Waals surface area contributed by atoms with Crippen LogP contribution in [-0.4, -0.2) is 31.1 Å². The zero-order valence-corrected chi connectivity index (χ0v) is 13.5. The minimum Gasteiger partial charge on any atom is -0.300 e. The lowest BCUT2D eigenvalue weighted by Gasteiger charge is -2.28. The van der Waals surface area contributed by atoms with Crippen LogP contribution in [-0.2, 0) is 14.8 Å². The highest BCUT2D eigenvalue weighted by Gasteiger charge is 2.32. The molecule has 1 aliphatic rings. The van der Waals surface area contributed by atoms with Crippen LogP contribution in [0.25, 0.3) is 0 Å². The van der Waals surface area contributed by atoms with Crippen LogP contribution in [0.2, 0.25) is 0 Å². The molecule has 0 N–H and O–H groups in total. The molecule has 21 heavy (non-hydrogen) atoms. The van der Waals surface area contributed by atoms with E-state index in [0.717, 1.165) is 31.2 Å². The van der Waals surface area contributed by atoms with Gasteiger partial charge in [-0.3, -0.25) is 4.79 Å². The fraction of sp³-hybridized carbons (Fsp3) is 0.562. The summed E-state index contributed by atoms with van der Waals surface area (Å²) in [6.07, 6.45) is 3.95. The molecule has 1 heterocycles. The van der Waals surface area contributed by atoms with Crippen molar-refractivity contribution in [1.82, 2.24) is 4.31 Å². The van der Waals surface area contributed by atoms with Crippen LogP contribution in [0.15, 0.2) is 29.2 Å². The lowest BCUT2D eigenvalue weighted by atomic mass is 10.1. The topological polar surface area (TPSA) is 54.5 Å². The molecule has 0 bridgehead atoms. The number of carbonyl (C=O) groups excluding carboxylic acids is 1. The Bertz CT molecular complexity index is 592. The molecule has 0 radical (unpaired) electrons. The van der Waals surface area contributed by atoms with E-state index in [9.17, 15) is 13.2 Å². The number of nitrogens with zero attached hydrogens (tertiary/aromatic N) is 1. The monoisotopic (exact) mass is 309 g/mol. The Morgan fingerprint density at radius 1 is 1.19 bits per heavy atom. The van der Waals surface area contributed by atoms with Crippen LogP contribution < -0.4 is 0 Å². The third kappa shape index (κ3) is 3.92. The van der Waals surface area contributed by atoms with Crippen molar-refractivity contribution in [3.63, 3.8) is 0 Å². The molecule has 2 rings (SSSR count). The van der Waals surface area contributed by atoms with E-state index in [2.05, 4.69) is 0 Å². The summed E-state index contributed by atoms with van der Waals surface area (Å²) in [4.78, 5) is 11.8. The van der Waals surface area contributed by atoms with Crippen molar-refractivity contribution in [3.8, 4) is 0 Å². The van der Waals surface area contributed by atoms with Crippen LogP contribution in [0.3, 0.4) is 0 Å². The van der Waals surface area contributed by atoms with E-state index in [1.165, 1.54) is 6.92 Å². The second-order valence-electron chi connectivity index (χ2n) is 5.84. The SMILES string of the molecule is CC(=O)CC1CCCCCN1S(=O)(=O)c1ccc(C)cc1. The van der Waals surface area contributed by atoms with Gasteiger partial charge in [0.25, 0.3) is 0 Å². The Morgan fingerprint density at radius 2 is 1.86 bits per heavy atom. The van der Waals surface area contributed by atoms with Crippen molar-refractivity contribution in [2.45, 2.75) is 56.9 Å². The van der Waals surface area contributed by atoms with Crippen LogP contribution in [0.4, 0.5) is 0 Å². The highest BCUT2D eigenvalue weighted by Crippen LogP contribution is 2.26. The van der Waals surface area contributed by atoms with Crippen LogP contribution in [0, 0.1) is 6.92 Å². The minimum absolute atomic E-state index is 0.0472. The lowest BCUT2D eigenvalue weighted by molar-refractivity contribution is -0.117. The van der Waals surface area contributed by atoms with E-state index in [1.807, 2.05) is 19.1 Å². The summed E-state index contributed by atoms with van der Waals surface area (Å²) >= 11 is 0. The first-order valence-corrected chi connectivity index (χ1v) is 8.93. The van der Waals surface area contributed by atoms with Gasteiger partial charge in [-0.25, -0.2) is 8.42 Å². The first-order valence-electron chi connectivity index (χ1n) is 7.49. The Morgan fingerprint density at radius 3 is 2.48 bits per heavy atom. The first kappa shape index (κ1) is 16.2. The van der Waals surface area contributed by atoms with Crippen molar-refractivity contribution >= 4 is 15.8 Å². The number of hydrogen-bond donors (Lipinski definition) is 0. The van der Waals surface area contributed by atoms with Gasteiger partial charge in [0.05, 0.1) is 4.90 Å². The Hall–Kier alpha value is -1.20. The molecular weight excluding hydrogens is 286 g/mol. The number of aryl methyl sites for hydroxylation is 1. The summed E-state index contributed by atoms with van der Waals surface area (Å²) in [6.45, 7) is 3.97. The van der Waals surface area contributed by atoms with Gasteiger partial charge in [0, 0.05) is 19.0 Å². The van der Waals surface area contributed by atoms with E-state index >= 15 is 0 Å².